The van der Waals surface area contributed by atoms with Gasteiger partial charge in [0.25, 0.3) is 0 Å². The van der Waals surface area contributed by atoms with Crippen molar-refractivity contribution in [3.63, 3.8) is 0 Å². The molecule has 0 unspecified atom stereocenters. The van der Waals surface area contributed by atoms with Crippen molar-refractivity contribution >= 4 is 47.3 Å². The number of carbonyl (C=O) groups is 7. The summed E-state index contributed by atoms with van der Waals surface area (Å²) in [4.78, 5) is 98.2. The van der Waals surface area contributed by atoms with Crippen molar-refractivity contribution in [3.8, 4) is 0 Å². The zero-order chi connectivity index (χ0) is 54.7. The van der Waals surface area contributed by atoms with E-state index in [9.17, 15) is 38.7 Å². The molecule has 3 rings (SSSR count). The minimum absolute atomic E-state index is 0.0621. The number of aliphatic hydroxyl groups is 1. The van der Waals surface area contributed by atoms with E-state index in [1.807, 2.05) is 45.9 Å². The number of nitrogens with one attached hydrogen (secondary N) is 4. The molecule has 2 aromatic carbocycles. The first-order valence-electron chi connectivity index (χ1n) is 25.5. The average molecular weight is 1020 g/mol. The Bertz CT molecular complexity index is 2100. The number of amides is 8. The van der Waals surface area contributed by atoms with E-state index in [4.69, 9.17) is 25.7 Å². The van der Waals surface area contributed by atoms with Gasteiger partial charge in [-0.3, -0.25) is 28.9 Å². The van der Waals surface area contributed by atoms with Crippen molar-refractivity contribution < 1.29 is 52.9 Å². The van der Waals surface area contributed by atoms with Gasteiger partial charge in [-0.25, -0.2) is 9.59 Å². The standard InChI is InChI=1S/C53H85N9O11/c1-13-33(6)45(41(71-11)29-42(63)62-28-18-22-40(62)47(72-12)34(7)48(65)57-35(8)46(64)37-19-15-14-16-20-37)60(9)51(68)43(31(2)3)59-50(67)44(32(4)5)61(10)53(70)73-30-36-23-25-38(26-24-36)58-49(66)39(54)21-17-27-56-52(55)69/h14-16,19-20,23-26,31-35,39-41,43-47,64H,13,17-18,21-22,27-30,54H2,1-12H3,(H,57,65)(H,58,66)(H,59,67)(H3,55,56,69)/t33-,34+,35+,39-,40-,41+,43-,44-,45-,46-,47+/m0/s1. The molecule has 11 atom stereocenters. The second kappa shape index (κ2) is 29.8. The minimum Gasteiger partial charge on any atom is -0.445 e. The van der Waals surface area contributed by atoms with E-state index in [-0.39, 0.29) is 48.5 Å². The van der Waals surface area contributed by atoms with Crippen molar-refractivity contribution in [1.29, 1.82) is 0 Å². The number of nitrogens with zero attached hydrogens (tertiary/aromatic N) is 3. The quantitative estimate of drug-likeness (QED) is 0.0588. The molecule has 0 saturated carbocycles. The maximum Gasteiger partial charge on any atom is 0.410 e. The van der Waals surface area contributed by atoms with Gasteiger partial charge in [-0.15, -0.1) is 0 Å². The van der Waals surface area contributed by atoms with Gasteiger partial charge in [-0.1, -0.05) is 97.4 Å². The first-order chi connectivity index (χ1) is 34.5. The fraction of sp³-hybridized carbons (Fsp3) is 0.642. The van der Waals surface area contributed by atoms with Crippen LogP contribution in [-0.4, -0.2) is 151 Å². The Kier molecular flexibility index (Phi) is 25.1. The highest BCUT2D eigenvalue weighted by molar-refractivity contribution is 5.94. The van der Waals surface area contributed by atoms with E-state index in [0.717, 1.165) is 0 Å². The number of methoxy groups -OCH3 is 2. The summed E-state index contributed by atoms with van der Waals surface area (Å²) in [6, 6.07) is 10.7. The lowest BCUT2D eigenvalue weighted by molar-refractivity contribution is -0.148. The van der Waals surface area contributed by atoms with Crippen molar-refractivity contribution in [2.24, 2.45) is 35.1 Å². The Balaban J connectivity index is 1.68. The van der Waals surface area contributed by atoms with Crippen LogP contribution in [0.4, 0.5) is 15.3 Å². The Hall–Kier alpha value is -5.83. The van der Waals surface area contributed by atoms with Gasteiger partial charge in [0, 0.05) is 47.1 Å². The molecule has 0 radical (unpaired) electrons. The van der Waals surface area contributed by atoms with Crippen LogP contribution in [0.2, 0.25) is 0 Å². The van der Waals surface area contributed by atoms with Gasteiger partial charge >= 0.3 is 12.1 Å². The smallest absolute Gasteiger partial charge is 0.410 e. The molecule has 1 saturated heterocycles. The number of anilines is 1. The van der Waals surface area contributed by atoms with Crippen molar-refractivity contribution in [1.82, 2.24) is 30.7 Å². The first kappa shape index (κ1) is 61.5. The number of carbonyl (C=O) groups excluding carboxylic acids is 7. The van der Waals surface area contributed by atoms with Crippen molar-refractivity contribution in [2.75, 3.05) is 46.7 Å². The van der Waals surface area contributed by atoms with Crippen LogP contribution in [0.3, 0.4) is 0 Å². The molecule has 2 aromatic rings. The van der Waals surface area contributed by atoms with Crippen LogP contribution < -0.4 is 32.7 Å². The van der Waals surface area contributed by atoms with Crippen LogP contribution in [0.25, 0.3) is 0 Å². The summed E-state index contributed by atoms with van der Waals surface area (Å²) in [5.41, 5.74) is 12.8. The van der Waals surface area contributed by atoms with Crippen molar-refractivity contribution in [2.45, 2.75) is 155 Å². The summed E-state index contributed by atoms with van der Waals surface area (Å²) in [6.07, 6.45) is -0.360. The van der Waals surface area contributed by atoms with Gasteiger partial charge in [0.1, 0.15) is 18.7 Å². The molecule has 20 nitrogen and oxygen atoms in total. The Labute approximate surface area is 432 Å². The van der Waals surface area contributed by atoms with Crippen LogP contribution in [0.15, 0.2) is 54.6 Å². The van der Waals surface area contributed by atoms with Crippen LogP contribution in [0.1, 0.15) is 111 Å². The first-order valence-corrected chi connectivity index (χ1v) is 25.5. The predicted molar refractivity (Wildman–Crippen MR) is 278 cm³/mol. The van der Waals surface area contributed by atoms with Crippen LogP contribution in [0, 0.1) is 23.7 Å². The summed E-state index contributed by atoms with van der Waals surface area (Å²) in [5.74, 6) is -3.42. The zero-order valence-corrected chi connectivity index (χ0v) is 45.1. The maximum atomic E-state index is 14.6. The molecule has 1 aliphatic rings. The van der Waals surface area contributed by atoms with E-state index >= 15 is 0 Å². The molecule has 0 bridgehead atoms. The van der Waals surface area contributed by atoms with Crippen LogP contribution >= 0.6 is 0 Å². The number of ether oxygens (including phenoxy) is 3. The molecule has 8 amide bonds. The molecule has 1 fully saturated rings. The summed E-state index contributed by atoms with van der Waals surface area (Å²) < 4.78 is 17.6. The molecule has 9 N–H and O–H groups in total. The van der Waals surface area contributed by atoms with E-state index < -0.39 is 84.4 Å². The fourth-order valence-corrected chi connectivity index (χ4v) is 9.52. The Morgan fingerprint density at radius 1 is 0.836 bits per heavy atom. The molecule has 0 spiro atoms. The molecular weight excluding hydrogens is 939 g/mol. The number of nitrogens with two attached hydrogens (primary N) is 2. The number of primary amides is 1. The summed E-state index contributed by atoms with van der Waals surface area (Å²) in [6.45, 7) is 15.3. The topological polar surface area (TPSA) is 277 Å². The summed E-state index contributed by atoms with van der Waals surface area (Å²) >= 11 is 0. The molecule has 0 aliphatic carbocycles. The number of hydrogen-bond acceptors (Lipinski definition) is 12. The predicted octanol–water partition coefficient (Wildman–Crippen LogP) is 4.29. The second-order valence-electron chi connectivity index (χ2n) is 20.1. The largest absolute Gasteiger partial charge is 0.445 e. The lowest BCUT2D eigenvalue weighted by atomic mass is 9.89. The van der Waals surface area contributed by atoms with E-state index in [1.165, 1.54) is 26.2 Å². The zero-order valence-electron chi connectivity index (χ0n) is 45.1. The molecule has 0 aromatic heterocycles. The van der Waals surface area contributed by atoms with Gasteiger partial charge in [0.05, 0.1) is 54.8 Å². The van der Waals surface area contributed by atoms with Gasteiger partial charge in [0.15, 0.2) is 0 Å². The number of rotatable bonds is 28. The molecule has 1 aliphatic heterocycles. The molecular formula is C53H85N9O11. The van der Waals surface area contributed by atoms with Crippen LogP contribution in [-0.2, 0) is 44.8 Å². The highest BCUT2D eigenvalue weighted by Crippen LogP contribution is 2.30. The summed E-state index contributed by atoms with van der Waals surface area (Å²) in [5, 5.41) is 22.0. The van der Waals surface area contributed by atoms with Gasteiger partial charge in [-0.05, 0) is 73.6 Å². The third-order valence-corrected chi connectivity index (χ3v) is 14.0. The normalized spacial score (nSPS) is 17.7. The highest BCUT2D eigenvalue weighted by Gasteiger charge is 2.44. The maximum absolute atomic E-state index is 14.6. The average Bonchev–Trinajstić information content (AvgIpc) is 3.85. The number of aliphatic hydroxyl groups excluding tert-OH is 1. The third kappa shape index (κ3) is 17.7. The van der Waals surface area contributed by atoms with Crippen LogP contribution in [0.5, 0.6) is 0 Å². The number of likely N-dealkylation sites (tertiary alicyclic amines) is 1. The number of urea groups is 1. The van der Waals surface area contributed by atoms with E-state index in [1.54, 1.807) is 80.9 Å². The number of benzene rings is 2. The Morgan fingerprint density at radius 2 is 1.48 bits per heavy atom. The van der Waals surface area contributed by atoms with Gasteiger partial charge < -0.3 is 61.9 Å². The van der Waals surface area contributed by atoms with Gasteiger partial charge in [-0.2, -0.15) is 0 Å². The fourth-order valence-electron chi connectivity index (χ4n) is 9.52. The SMILES string of the molecule is CC[C@H](C)[C@@H]([C@@H](CC(=O)N1CCC[C@H]1[C@H](OC)[C@@H](C)C(=O)N[C@H](C)[C@H](O)c1ccccc1)OC)N(C)C(=O)[C@@H](NC(=O)[C@H](C(C)C)N(C)C(=O)OCc1ccc(NC(=O)[C@@H](N)CCCNC(N)=O)cc1)C(C)C. The number of likely N-dealkylation sites (N-methyl/N-ethyl adjacent to an activating group) is 2. The van der Waals surface area contributed by atoms with Gasteiger partial charge in [0.2, 0.25) is 29.5 Å². The number of hydrogen-bond donors (Lipinski definition) is 7. The van der Waals surface area contributed by atoms with Crippen molar-refractivity contribution in [3.05, 3.63) is 65.7 Å². The highest BCUT2D eigenvalue weighted by atomic mass is 16.6. The third-order valence-electron chi connectivity index (χ3n) is 14.0. The summed E-state index contributed by atoms with van der Waals surface area (Å²) in [7, 11) is 6.15. The monoisotopic (exact) mass is 1020 g/mol. The Morgan fingerprint density at radius 3 is 2.04 bits per heavy atom. The molecule has 73 heavy (non-hydrogen) atoms. The molecule has 408 valence electrons. The second-order valence-corrected chi connectivity index (χ2v) is 20.1. The van der Waals surface area contributed by atoms with E-state index in [0.29, 0.717) is 62.0 Å². The lowest BCUT2D eigenvalue weighted by Crippen LogP contribution is -2.60. The van der Waals surface area contributed by atoms with E-state index in [2.05, 4.69) is 21.3 Å². The minimum atomic E-state index is -1.02. The molecule has 20 heteroatoms. The lowest BCUT2D eigenvalue weighted by Gasteiger charge is -2.41. The molecule has 1 heterocycles.